The number of ketones is 1. The maximum absolute atomic E-state index is 12.5. The molecule has 0 unspecified atom stereocenters. The highest BCUT2D eigenvalue weighted by Crippen LogP contribution is 2.49. The summed E-state index contributed by atoms with van der Waals surface area (Å²) in [4.78, 5) is 24.4. The van der Waals surface area contributed by atoms with Crippen molar-refractivity contribution in [3.8, 4) is 11.5 Å². The van der Waals surface area contributed by atoms with E-state index in [1.165, 1.54) is 0 Å². The van der Waals surface area contributed by atoms with Gasteiger partial charge in [0, 0.05) is 5.56 Å². The van der Waals surface area contributed by atoms with E-state index in [9.17, 15) is 9.59 Å². The van der Waals surface area contributed by atoms with Crippen LogP contribution in [0.1, 0.15) is 47.9 Å². The molecule has 2 aromatic rings. The van der Waals surface area contributed by atoms with Gasteiger partial charge in [-0.1, -0.05) is 0 Å². The Hall–Kier alpha value is -2.82. The number of esters is 1. The minimum Gasteiger partial charge on any atom is -0.469 e. The van der Waals surface area contributed by atoms with Crippen molar-refractivity contribution in [2.45, 2.75) is 26.2 Å². The van der Waals surface area contributed by atoms with Crippen molar-refractivity contribution in [2.24, 2.45) is 0 Å². The average Bonchev–Trinajstić information content (AvgIpc) is 3.14. The van der Waals surface area contributed by atoms with Crippen molar-refractivity contribution in [3.63, 3.8) is 0 Å². The van der Waals surface area contributed by atoms with Gasteiger partial charge in [-0.05, 0) is 43.7 Å². The van der Waals surface area contributed by atoms with E-state index >= 15 is 0 Å². The lowest BCUT2D eigenvalue weighted by Crippen LogP contribution is -2.21. The second kappa shape index (κ2) is 4.84. The Labute approximate surface area is 132 Å². The quantitative estimate of drug-likeness (QED) is 0.457. The van der Waals surface area contributed by atoms with Gasteiger partial charge >= 0.3 is 5.97 Å². The maximum atomic E-state index is 12.5. The van der Waals surface area contributed by atoms with Crippen molar-refractivity contribution in [2.75, 3.05) is 0 Å². The van der Waals surface area contributed by atoms with Crippen molar-refractivity contribution in [1.29, 1.82) is 0 Å². The number of ether oxygens (including phenoxy) is 2. The van der Waals surface area contributed by atoms with E-state index in [0.29, 0.717) is 34.1 Å². The SMILES string of the molecule is CC(C)=C1Oc2c(ccc3c2[C@@H](c2ccco2)CC(=O)O3)C1=O. The fraction of sp³-hybridized carbons (Fsp3) is 0.222. The molecule has 116 valence electrons. The van der Waals surface area contributed by atoms with Crippen LogP contribution in [0, 0.1) is 0 Å². The predicted molar refractivity (Wildman–Crippen MR) is 80.6 cm³/mol. The van der Waals surface area contributed by atoms with Crippen LogP contribution >= 0.6 is 0 Å². The van der Waals surface area contributed by atoms with Crippen LogP contribution in [-0.4, -0.2) is 11.8 Å². The molecule has 1 aromatic heterocycles. The first kappa shape index (κ1) is 13.8. The fourth-order valence-corrected chi connectivity index (χ4v) is 3.05. The first-order chi connectivity index (χ1) is 11.1. The third-order valence-electron chi connectivity index (χ3n) is 4.09. The molecule has 1 atom stereocenters. The first-order valence-corrected chi connectivity index (χ1v) is 7.37. The number of fused-ring (bicyclic) bond motifs is 3. The van der Waals surface area contributed by atoms with E-state index in [4.69, 9.17) is 13.9 Å². The zero-order valence-corrected chi connectivity index (χ0v) is 12.7. The van der Waals surface area contributed by atoms with Crippen LogP contribution in [0.2, 0.25) is 0 Å². The van der Waals surface area contributed by atoms with Crippen LogP contribution in [-0.2, 0) is 4.79 Å². The molecule has 0 saturated heterocycles. The van der Waals surface area contributed by atoms with Crippen molar-refractivity contribution in [1.82, 2.24) is 0 Å². The highest BCUT2D eigenvalue weighted by atomic mass is 16.5. The number of hydrogen-bond donors (Lipinski definition) is 0. The Morgan fingerprint density at radius 2 is 1.96 bits per heavy atom. The Balaban J connectivity index is 1.94. The highest BCUT2D eigenvalue weighted by Gasteiger charge is 2.39. The standard InChI is InChI=1S/C18H14O5/c1-9(2)17-16(20)10-5-6-13-15(18(10)23-17)11(8-14(19)22-13)12-4-3-7-21-12/h3-7,11H,8H2,1-2H3/t11-/m1/s1. The molecule has 5 heteroatoms. The van der Waals surface area contributed by atoms with Gasteiger partial charge in [-0.15, -0.1) is 0 Å². The molecule has 0 radical (unpaired) electrons. The molecule has 23 heavy (non-hydrogen) atoms. The minimum atomic E-state index is -0.328. The maximum Gasteiger partial charge on any atom is 0.312 e. The van der Waals surface area contributed by atoms with E-state index in [1.54, 1.807) is 24.5 Å². The van der Waals surface area contributed by atoms with Crippen molar-refractivity contribution < 1.29 is 23.5 Å². The Kier molecular flexibility index (Phi) is 2.91. The zero-order valence-electron chi connectivity index (χ0n) is 12.7. The topological polar surface area (TPSA) is 65.7 Å². The van der Waals surface area contributed by atoms with E-state index in [1.807, 2.05) is 19.9 Å². The van der Waals surface area contributed by atoms with Gasteiger partial charge in [0.1, 0.15) is 17.3 Å². The van der Waals surface area contributed by atoms with Gasteiger partial charge < -0.3 is 13.9 Å². The lowest BCUT2D eigenvalue weighted by molar-refractivity contribution is -0.135. The largest absolute Gasteiger partial charge is 0.469 e. The summed E-state index contributed by atoms with van der Waals surface area (Å²) in [5, 5.41) is 0. The molecule has 0 N–H and O–H groups in total. The highest BCUT2D eigenvalue weighted by molar-refractivity contribution is 6.13. The lowest BCUT2D eigenvalue weighted by atomic mass is 9.88. The molecule has 2 aliphatic heterocycles. The Bertz CT molecular complexity index is 854. The van der Waals surface area contributed by atoms with Gasteiger partial charge in [0.25, 0.3) is 0 Å². The summed E-state index contributed by atoms with van der Waals surface area (Å²) in [5.74, 6) is 1.09. The van der Waals surface area contributed by atoms with Crippen LogP contribution in [0.5, 0.6) is 11.5 Å². The third-order valence-corrected chi connectivity index (χ3v) is 4.09. The normalized spacial score (nSPS) is 19.0. The minimum absolute atomic E-state index is 0.141. The molecule has 0 aliphatic carbocycles. The van der Waals surface area contributed by atoms with Crippen LogP contribution in [0.4, 0.5) is 0 Å². The number of carbonyl (C=O) groups excluding carboxylic acids is 2. The molecule has 5 nitrogen and oxygen atoms in total. The summed E-state index contributed by atoms with van der Waals surface area (Å²) in [6.07, 6.45) is 1.71. The number of hydrogen-bond acceptors (Lipinski definition) is 5. The molecule has 0 amide bonds. The molecule has 0 fully saturated rings. The lowest BCUT2D eigenvalue weighted by Gasteiger charge is -2.24. The van der Waals surface area contributed by atoms with Crippen molar-refractivity contribution in [3.05, 3.63) is 58.7 Å². The number of benzene rings is 1. The summed E-state index contributed by atoms with van der Waals surface area (Å²) < 4.78 is 16.6. The van der Waals surface area contributed by atoms with Gasteiger partial charge in [-0.3, -0.25) is 9.59 Å². The molecule has 1 aromatic carbocycles. The van der Waals surface area contributed by atoms with Crippen molar-refractivity contribution >= 4 is 11.8 Å². The van der Waals surface area contributed by atoms with Crippen LogP contribution in [0.3, 0.4) is 0 Å². The van der Waals surface area contributed by atoms with Crippen LogP contribution in [0.25, 0.3) is 0 Å². The second-order valence-electron chi connectivity index (χ2n) is 5.86. The van der Waals surface area contributed by atoms with E-state index in [0.717, 1.165) is 5.57 Å². The number of furan rings is 1. The summed E-state index contributed by atoms with van der Waals surface area (Å²) in [5.41, 5.74) is 2.00. The number of rotatable bonds is 1. The number of Topliss-reactive ketones (excluding diaryl/α,β-unsaturated/α-hetero) is 1. The molecule has 0 spiro atoms. The molecule has 0 saturated carbocycles. The molecule has 0 bridgehead atoms. The molecule has 4 rings (SSSR count). The fourth-order valence-electron chi connectivity index (χ4n) is 3.05. The second-order valence-corrected chi connectivity index (χ2v) is 5.86. The Morgan fingerprint density at radius 3 is 2.65 bits per heavy atom. The zero-order chi connectivity index (χ0) is 16.1. The number of carbonyl (C=O) groups is 2. The summed E-state index contributed by atoms with van der Waals surface area (Å²) >= 11 is 0. The third kappa shape index (κ3) is 2.00. The van der Waals surface area contributed by atoms with Crippen LogP contribution < -0.4 is 9.47 Å². The molecule has 2 aliphatic rings. The van der Waals surface area contributed by atoms with Crippen LogP contribution in [0.15, 0.2) is 46.3 Å². The van der Waals surface area contributed by atoms with Gasteiger partial charge in [0.05, 0.1) is 24.2 Å². The average molecular weight is 310 g/mol. The Morgan fingerprint density at radius 1 is 1.13 bits per heavy atom. The predicted octanol–water partition coefficient (Wildman–Crippen LogP) is 3.59. The smallest absolute Gasteiger partial charge is 0.312 e. The molecular weight excluding hydrogens is 296 g/mol. The van der Waals surface area contributed by atoms with Gasteiger partial charge in [0.15, 0.2) is 5.76 Å². The molecular formula is C18H14O5. The number of allylic oxidation sites excluding steroid dienone is 2. The summed E-state index contributed by atoms with van der Waals surface area (Å²) in [6, 6.07) is 6.87. The monoisotopic (exact) mass is 310 g/mol. The summed E-state index contributed by atoms with van der Waals surface area (Å²) in [6.45, 7) is 3.66. The van der Waals surface area contributed by atoms with E-state index in [2.05, 4.69) is 0 Å². The first-order valence-electron chi connectivity index (χ1n) is 7.37. The van der Waals surface area contributed by atoms with Gasteiger partial charge in [-0.2, -0.15) is 0 Å². The van der Waals surface area contributed by atoms with Gasteiger partial charge in [-0.25, -0.2) is 0 Å². The van der Waals surface area contributed by atoms with Gasteiger partial charge in [0.2, 0.25) is 5.78 Å². The molecule has 3 heterocycles. The summed E-state index contributed by atoms with van der Waals surface area (Å²) in [7, 11) is 0. The van der Waals surface area contributed by atoms with E-state index in [-0.39, 0.29) is 24.1 Å². The van der Waals surface area contributed by atoms with E-state index < -0.39 is 0 Å².